The van der Waals surface area contributed by atoms with Crippen LogP contribution in [0.25, 0.3) is 16.5 Å². The lowest BCUT2D eigenvalue weighted by atomic mass is 9.97. The summed E-state index contributed by atoms with van der Waals surface area (Å²) in [6.07, 6.45) is 9.87. The molecular weight excluding hydrogens is 378 g/mol. The zero-order valence-electron chi connectivity index (χ0n) is 16.9. The molecule has 29 heavy (non-hydrogen) atoms. The molecule has 3 aromatic rings. The highest BCUT2D eigenvalue weighted by Crippen LogP contribution is 2.41. The first-order valence-electron chi connectivity index (χ1n) is 9.87. The van der Waals surface area contributed by atoms with E-state index >= 15 is 0 Å². The van der Waals surface area contributed by atoms with Gasteiger partial charge >= 0.3 is 0 Å². The smallest absolute Gasteiger partial charge is 0.0480 e. The van der Waals surface area contributed by atoms with Crippen molar-refractivity contribution in [3.05, 3.63) is 66.8 Å². The van der Waals surface area contributed by atoms with Crippen LogP contribution in [0.2, 0.25) is 0 Å². The molecule has 1 aliphatic heterocycles. The Morgan fingerprint density at radius 3 is 2.93 bits per heavy atom. The molecule has 0 aliphatic carbocycles. The fourth-order valence-electron chi connectivity index (χ4n) is 4.21. The number of hydrogen-bond acceptors (Lipinski definition) is 5. The van der Waals surface area contributed by atoms with Crippen LogP contribution in [-0.2, 0) is 6.54 Å². The molecule has 1 aliphatic rings. The zero-order valence-corrected chi connectivity index (χ0v) is 17.7. The van der Waals surface area contributed by atoms with Gasteiger partial charge in [-0.05, 0) is 74.0 Å². The maximum absolute atomic E-state index is 7.51. The van der Waals surface area contributed by atoms with Crippen molar-refractivity contribution >= 4 is 34.6 Å². The second-order valence-corrected chi connectivity index (χ2v) is 9.33. The number of nitrogens with two attached hydrogens (primary N) is 1. The predicted octanol–water partition coefficient (Wildman–Crippen LogP) is 4.79. The highest BCUT2D eigenvalue weighted by atomic mass is 32.2. The van der Waals surface area contributed by atoms with Gasteiger partial charge in [0.1, 0.15) is 0 Å². The van der Waals surface area contributed by atoms with E-state index in [9.17, 15) is 0 Å². The van der Waals surface area contributed by atoms with Crippen LogP contribution in [-0.4, -0.2) is 32.2 Å². The van der Waals surface area contributed by atoms with Crippen molar-refractivity contribution in [1.82, 2.24) is 13.9 Å². The molecule has 1 unspecified atom stereocenters. The molecule has 5 nitrogen and oxygen atoms in total. The number of fused-ring (bicyclic) bond motifs is 1. The van der Waals surface area contributed by atoms with Gasteiger partial charge in [0, 0.05) is 71.0 Å². The van der Waals surface area contributed by atoms with Crippen molar-refractivity contribution in [2.24, 2.45) is 11.7 Å². The van der Waals surface area contributed by atoms with Gasteiger partial charge < -0.3 is 15.7 Å². The second-order valence-electron chi connectivity index (χ2n) is 8.23. The molecule has 4 rings (SSSR count). The summed E-state index contributed by atoms with van der Waals surface area (Å²) in [5.74, 6) is 0.588. The van der Waals surface area contributed by atoms with Crippen molar-refractivity contribution in [3.63, 3.8) is 0 Å². The molecule has 1 fully saturated rings. The third-order valence-corrected chi connectivity index (χ3v) is 6.95. The van der Waals surface area contributed by atoms with Crippen LogP contribution >= 0.6 is 11.9 Å². The van der Waals surface area contributed by atoms with Crippen LogP contribution in [0.4, 0.5) is 0 Å². The van der Waals surface area contributed by atoms with Crippen molar-refractivity contribution in [3.8, 4) is 0 Å². The first kappa shape index (κ1) is 19.7. The van der Waals surface area contributed by atoms with Crippen LogP contribution in [0.1, 0.15) is 25.8 Å². The number of nitrogens with zero attached hydrogens (tertiary/aromatic N) is 3. The van der Waals surface area contributed by atoms with E-state index in [4.69, 9.17) is 11.1 Å². The van der Waals surface area contributed by atoms with Gasteiger partial charge in [-0.25, -0.2) is 4.31 Å². The summed E-state index contributed by atoms with van der Waals surface area (Å²) in [5.41, 5.74) is 8.73. The number of benzene rings is 1. The number of allylic oxidation sites excluding steroid dienone is 1. The fraction of sp³-hybridized carbons (Fsp3) is 0.304. The Morgan fingerprint density at radius 2 is 2.21 bits per heavy atom. The van der Waals surface area contributed by atoms with Gasteiger partial charge in [0.05, 0.1) is 0 Å². The molecule has 1 saturated heterocycles. The van der Waals surface area contributed by atoms with Gasteiger partial charge in [0.15, 0.2) is 0 Å². The summed E-state index contributed by atoms with van der Waals surface area (Å²) >= 11 is 1.81. The SMILES string of the molecule is CC1(C)CC(Cn2ccc3cc(/C(C=N)=C/N)ccc32)CN1Sc1cccnc1. The molecule has 3 heterocycles. The molecule has 0 spiro atoms. The van der Waals surface area contributed by atoms with Crippen molar-refractivity contribution < 1.29 is 0 Å². The Bertz CT molecular complexity index is 1040. The zero-order chi connectivity index (χ0) is 20.4. The van der Waals surface area contributed by atoms with Crippen molar-refractivity contribution in [2.45, 2.75) is 37.2 Å². The molecule has 150 valence electrons. The lowest BCUT2D eigenvalue weighted by Gasteiger charge is -2.29. The number of rotatable bonds is 6. The highest BCUT2D eigenvalue weighted by molar-refractivity contribution is 7.97. The topological polar surface area (TPSA) is 70.9 Å². The molecule has 2 aromatic heterocycles. The number of nitrogens with one attached hydrogen (secondary N) is 1. The first-order valence-corrected chi connectivity index (χ1v) is 10.6. The third kappa shape index (κ3) is 4.09. The van der Waals surface area contributed by atoms with Crippen molar-refractivity contribution in [2.75, 3.05) is 6.54 Å². The first-order chi connectivity index (χ1) is 14.0. The molecule has 1 atom stereocenters. The van der Waals surface area contributed by atoms with Crippen LogP contribution < -0.4 is 5.73 Å². The van der Waals surface area contributed by atoms with Gasteiger partial charge in [0.25, 0.3) is 0 Å². The van der Waals surface area contributed by atoms with Crippen LogP contribution in [0.15, 0.2) is 66.1 Å². The van der Waals surface area contributed by atoms with Gasteiger partial charge in [-0.2, -0.15) is 0 Å². The summed E-state index contributed by atoms with van der Waals surface area (Å²) in [7, 11) is 0. The van der Waals surface area contributed by atoms with Crippen LogP contribution in [0, 0.1) is 11.3 Å². The standard InChI is InChI=1S/C23H27N5S/c1-23(2)11-17(16-28(23)29-21-4-3-8-26-14-21)15-27-9-7-19-10-18(5-6-22(19)27)20(12-24)13-25/h3-10,12-14,17,24H,11,15-16,25H2,1-2H3/b20-13+,24-12?. The summed E-state index contributed by atoms with van der Waals surface area (Å²) in [6.45, 7) is 6.71. The molecule has 0 radical (unpaired) electrons. The molecule has 0 amide bonds. The van der Waals surface area contributed by atoms with E-state index in [2.05, 4.69) is 58.2 Å². The Hall–Kier alpha value is -2.57. The second kappa shape index (κ2) is 8.05. The summed E-state index contributed by atoms with van der Waals surface area (Å²) < 4.78 is 4.86. The molecule has 0 saturated carbocycles. The van der Waals surface area contributed by atoms with Gasteiger partial charge in [0.2, 0.25) is 0 Å². The quantitative estimate of drug-likeness (QED) is 0.457. The summed E-state index contributed by atoms with van der Waals surface area (Å²) in [5, 5.41) is 8.69. The van der Waals surface area contributed by atoms with Gasteiger partial charge in [-0.1, -0.05) is 6.07 Å². The molecule has 3 N–H and O–H groups in total. The lowest BCUT2D eigenvalue weighted by Crippen LogP contribution is -2.32. The van der Waals surface area contributed by atoms with E-state index in [0.717, 1.165) is 30.6 Å². The molecule has 1 aromatic carbocycles. The minimum atomic E-state index is 0.145. The Kier molecular flexibility index (Phi) is 5.48. The van der Waals surface area contributed by atoms with Gasteiger partial charge in [-0.3, -0.25) is 4.98 Å². The number of aromatic nitrogens is 2. The van der Waals surface area contributed by atoms with E-state index in [1.165, 1.54) is 28.2 Å². The Labute approximate surface area is 176 Å². The maximum Gasteiger partial charge on any atom is 0.0480 e. The average Bonchev–Trinajstić information content (AvgIpc) is 3.23. The lowest BCUT2D eigenvalue weighted by molar-refractivity contribution is 0.319. The largest absolute Gasteiger partial charge is 0.404 e. The van der Waals surface area contributed by atoms with E-state index in [1.54, 1.807) is 0 Å². The van der Waals surface area contributed by atoms with E-state index in [0.29, 0.717) is 5.92 Å². The summed E-state index contributed by atoms with van der Waals surface area (Å²) in [4.78, 5) is 5.43. The van der Waals surface area contributed by atoms with Crippen molar-refractivity contribution in [1.29, 1.82) is 5.41 Å². The minimum absolute atomic E-state index is 0.145. The number of pyridine rings is 1. The Balaban J connectivity index is 1.51. The molecule has 6 heteroatoms. The highest BCUT2D eigenvalue weighted by Gasteiger charge is 2.39. The molecule has 0 bridgehead atoms. The third-order valence-electron chi connectivity index (χ3n) is 5.63. The monoisotopic (exact) mass is 405 g/mol. The fourth-order valence-corrected chi connectivity index (χ4v) is 5.32. The maximum atomic E-state index is 7.51. The number of hydrogen-bond donors (Lipinski definition) is 2. The van der Waals surface area contributed by atoms with E-state index in [-0.39, 0.29) is 5.54 Å². The summed E-state index contributed by atoms with van der Waals surface area (Å²) in [6, 6.07) is 12.6. The minimum Gasteiger partial charge on any atom is -0.404 e. The van der Waals surface area contributed by atoms with Crippen LogP contribution in [0.3, 0.4) is 0 Å². The predicted molar refractivity (Wildman–Crippen MR) is 122 cm³/mol. The van der Waals surface area contributed by atoms with Crippen LogP contribution in [0.5, 0.6) is 0 Å². The van der Waals surface area contributed by atoms with Gasteiger partial charge in [-0.15, -0.1) is 0 Å². The average molecular weight is 406 g/mol. The van der Waals surface area contributed by atoms with E-state index in [1.807, 2.05) is 36.5 Å². The Morgan fingerprint density at radius 1 is 1.34 bits per heavy atom. The normalized spacial score (nSPS) is 19.7. The van der Waals surface area contributed by atoms with E-state index < -0.39 is 0 Å². The molecular formula is C23H27N5S.